The van der Waals surface area contributed by atoms with E-state index in [0.29, 0.717) is 0 Å². The van der Waals surface area contributed by atoms with Crippen molar-refractivity contribution in [3.8, 4) is 11.5 Å². The maximum absolute atomic E-state index is 5.88. The zero-order valence-corrected chi connectivity index (χ0v) is 13.8. The second-order valence-electron chi connectivity index (χ2n) is 5.90. The van der Waals surface area contributed by atoms with Gasteiger partial charge in [0.05, 0.1) is 20.3 Å². The lowest BCUT2D eigenvalue weighted by molar-refractivity contribution is -0.946. The number of unbranched alkanes of at least 4 members (excludes halogenated alkanes) is 1. The standard InChI is InChI=1S/C18H28N2O2/c1-3-6-16-7-8-17(18(15-16)21-2)22-14-5-4-11-20-12-9-19-10-13-20/h3,7-8,15,19H,1,4-6,9-14H2,2H3/p+2. The quantitative estimate of drug-likeness (QED) is 0.500. The minimum absolute atomic E-state index is 0.760. The van der Waals surface area contributed by atoms with Crippen molar-refractivity contribution in [1.82, 2.24) is 0 Å². The Balaban J connectivity index is 1.70. The van der Waals surface area contributed by atoms with Crippen molar-refractivity contribution in [3.05, 3.63) is 36.4 Å². The fraction of sp³-hybridized carbons (Fsp3) is 0.556. The van der Waals surface area contributed by atoms with Gasteiger partial charge in [-0.05, 0) is 37.0 Å². The van der Waals surface area contributed by atoms with Crippen LogP contribution in [0.3, 0.4) is 0 Å². The Morgan fingerprint density at radius 3 is 2.77 bits per heavy atom. The molecule has 122 valence electrons. The van der Waals surface area contributed by atoms with Crippen molar-refractivity contribution >= 4 is 0 Å². The molecule has 0 spiro atoms. The molecule has 0 bridgehead atoms. The molecule has 0 aliphatic carbocycles. The fourth-order valence-electron chi connectivity index (χ4n) is 2.92. The van der Waals surface area contributed by atoms with Gasteiger partial charge in [0.15, 0.2) is 11.5 Å². The van der Waals surface area contributed by atoms with E-state index in [1.165, 1.54) is 44.7 Å². The van der Waals surface area contributed by atoms with E-state index in [4.69, 9.17) is 9.47 Å². The van der Waals surface area contributed by atoms with Crippen molar-refractivity contribution in [3.63, 3.8) is 0 Å². The molecule has 3 N–H and O–H groups in total. The number of piperazine rings is 1. The lowest BCUT2D eigenvalue weighted by atomic mass is 10.1. The highest BCUT2D eigenvalue weighted by Gasteiger charge is 2.14. The van der Waals surface area contributed by atoms with E-state index in [1.54, 1.807) is 12.0 Å². The lowest BCUT2D eigenvalue weighted by Crippen LogP contribution is -3.20. The number of nitrogens with one attached hydrogen (secondary N) is 1. The molecular formula is C18H30N2O2+2. The second-order valence-corrected chi connectivity index (χ2v) is 5.90. The number of allylic oxidation sites excluding steroid dienone is 1. The van der Waals surface area contributed by atoms with Gasteiger partial charge in [-0.2, -0.15) is 0 Å². The number of nitrogens with two attached hydrogens (primary N) is 1. The molecule has 1 aliphatic rings. The SMILES string of the molecule is C=CCc1ccc(OCCCC[NH+]2CC[NH2+]CC2)c(OC)c1. The van der Waals surface area contributed by atoms with Gasteiger partial charge >= 0.3 is 0 Å². The smallest absolute Gasteiger partial charge is 0.161 e. The minimum atomic E-state index is 0.760. The molecule has 0 amide bonds. The molecule has 1 aromatic rings. The molecule has 4 nitrogen and oxygen atoms in total. The normalized spacial score (nSPS) is 15.5. The zero-order chi connectivity index (χ0) is 15.6. The van der Waals surface area contributed by atoms with Crippen LogP contribution in [0.5, 0.6) is 11.5 Å². The third-order valence-electron chi connectivity index (χ3n) is 4.19. The molecule has 0 unspecified atom stereocenters. The average molecular weight is 306 g/mol. The summed E-state index contributed by atoms with van der Waals surface area (Å²) < 4.78 is 11.3. The van der Waals surface area contributed by atoms with Gasteiger partial charge < -0.3 is 19.7 Å². The van der Waals surface area contributed by atoms with Crippen molar-refractivity contribution in [1.29, 1.82) is 0 Å². The summed E-state index contributed by atoms with van der Waals surface area (Å²) in [6.07, 6.45) is 5.08. The first-order valence-corrected chi connectivity index (χ1v) is 8.39. The molecule has 0 aromatic heterocycles. The third kappa shape index (κ3) is 5.35. The van der Waals surface area contributed by atoms with Crippen LogP contribution in [0.15, 0.2) is 30.9 Å². The number of hydrogen-bond acceptors (Lipinski definition) is 2. The number of hydrogen-bond donors (Lipinski definition) is 2. The summed E-state index contributed by atoms with van der Waals surface area (Å²) in [5, 5.41) is 2.41. The van der Waals surface area contributed by atoms with Crippen LogP contribution in [0.4, 0.5) is 0 Å². The van der Waals surface area contributed by atoms with Crippen molar-refractivity contribution in [2.75, 3.05) is 46.4 Å². The molecule has 0 atom stereocenters. The van der Waals surface area contributed by atoms with Gasteiger partial charge in [-0.25, -0.2) is 0 Å². The van der Waals surface area contributed by atoms with Crippen LogP contribution in [0.25, 0.3) is 0 Å². The van der Waals surface area contributed by atoms with Gasteiger partial charge in [0.2, 0.25) is 0 Å². The molecule has 22 heavy (non-hydrogen) atoms. The van der Waals surface area contributed by atoms with E-state index in [2.05, 4.69) is 18.0 Å². The van der Waals surface area contributed by atoms with Crippen LogP contribution >= 0.6 is 0 Å². The Morgan fingerprint density at radius 2 is 2.05 bits per heavy atom. The third-order valence-corrected chi connectivity index (χ3v) is 4.19. The van der Waals surface area contributed by atoms with Crippen LogP contribution in [0.1, 0.15) is 18.4 Å². The molecule has 0 radical (unpaired) electrons. The summed E-state index contributed by atoms with van der Waals surface area (Å²) in [5.74, 6) is 1.66. The predicted molar refractivity (Wildman–Crippen MR) is 88.8 cm³/mol. The number of benzene rings is 1. The molecule has 2 rings (SSSR count). The summed E-state index contributed by atoms with van der Waals surface area (Å²) >= 11 is 0. The van der Waals surface area contributed by atoms with E-state index in [9.17, 15) is 0 Å². The number of ether oxygens (including phenoxy) is 2. The largest absolute Gasteiger partial charge is 0.493 e. The number of quaternary nitrogens is 2. The topological polar surface area (TPSA) is 39.5 Å². The summed E-state index contributed by atoms with van der Waals surface area (Å²) in [6.45, 7) is 11.0. The highest BCUT2D eigenvalue weighted by atomic mass is 16.5. The van der Waals surface area contributed by atoms with Gasteiger partial charge in [-0.15, -0.1) is 6.58 Å². The summed E-state index contributed by atoms with van der Waals surface area (Å²) in [6, 6.07) is 6.11. The number of methoxy groups -OCH3 is 1. The Hall–Kier alpha value is -1.52. The molecule has 0 saturated carbocycles. The van der Waals surface area contributed by atoms with E-state index in [0.717, 1.165) is 30.9 Å². The average Bonchev–Trinajstić information content (AvgIpc) is 2.56. The van der Waals surface area contributed by atoms with Gasteiger partial charge in [0.25, 0.3) is 0 Å². The van der Waals surface area contributed by atoms with E-state index in [-0.39, 0.29) is 0 Å². The van der Waals surface area contributed by atoms with Crippen LogP contribution in [-0.2, 0) is 6.42 Å². The molecule has 4 heteroatoms. The van der Waals surface area contributed by atoms with Gasteiger partial charge in [-0.3, -0.25) is 0 Å². The maximum atomic E-state index is 5.88. The molecule has 1 heterocycles. The maximum Gasteiger partial charge on any atom is 0.161 e. The molecule has 1 aromatic carbocycles. The van der Waals surface area contributed by atoms with Gasteiger partial charge in [-0.1, -0.05) is 12.1 Å². The van der Waals surface area contributed by atoms with Crippen LogP contribution in [0.2, 0.25) is 0 Å². The Bertz CT molecular complexity index is 456. The van der Waals surface area contributed by atoms with Gasteiger partial charge in [0, 0.05) is 0 Å². The van der Waals surface area contributed by atoms with E-state index >= 15 is 0 Å². The minimum Gasteiger partial charge on any atom is -0.493 e. The first-order valence-electron chi connectivity index (χ1n) is 8.39. The van der Waals surface area contributed by atoms with Gasteiger partial charge in [0.1, 0.15) is 26.2 Å². The Labute approximate surface area is 134 Å². The Morgan fingerprint density at radius 1 is 1.23 bits per heavy atom. The van der Waals surface area contributed by atoms with Crippen LogP contribution < -0.4 is 19.7 Å². The molecular weight excluding hydrogens is 276 g/mol. The van der Waals surface area contributed by atoms with Crippen LogP contribution in [-0.4, -0.2) is 46.4 Å². The lowest BCUT2D eigenvalue weighted by Gasteiger charge is -2.22. The summed E-state index contributed by atoms with van der Waals surface area (Å²) in [4.78, 5) is 1.74. The van der Waals surface area contributed by atoms with Crippen molar-refractivity contribution in [2.45, 2.75) is 19.3 Å². The molecule has 1 saturated heterocycles. The highest BCUT2D eigenvalue weighted by molar-refractivity contribution is 5.43. The van der Waals surface area contributed by atoms with E-state index in [1.807, 2.05) is 18.2 Å². The molecule has 1 fully saturated rings. The number of rotatable bonds is 9. The highest BCUT2D eigenvalue weighted by Crippen LogP contribution is 2.28. The Kier molecular flexibility index (Phi) is 7.26. The summed E-state index contributed by atoms with van der Waals surface area (Å²) in [7, 11) is 1.69. The van der Waals surface area contributed by atoms with Crippen molar-refractivity contribution in [2.24, 2.45) is 0 Å². The first-order chi connectivity index (χ1) is 10.8. The fourth-order valence-corrected chi connectivity index (χ4v) is 2.92. The second kappa shape index (κ2) is 9.49. The molecule has 1 aliphatic heterocycles. The zero-order valence-electron chi connectivity index (χ0n) is 13.8. The van der Waals surface area contributed by atoms with E-state index < -0.39 is 0 Å². The monoisotopic (exact) mass is 306 g/mol. The predicted octanol–water partition coefficient (Wildman–Crippen LogP) is 0.0446. The van der Waals surface area contributed by atoms with Crippen molar-refractivity contribution < 1.29 is 19.7 Å². The summed E-state index contributed by atoms with van der Waals surface area (Å²) in [5.41, 5.74) is 1.20. The van der Waals surface area contributed by atoms with Crippen LogP contribution in [0, 0.1) is 0 Å². The first kappa shape index (κ1) is 16.8.